The number of amides is 2. The first-order chi connectivity index (χ1) is 8.72. The number of Topliss-reactive ketones (excluding diaryl/α,β-unsaturated/α-hetero) is 1. The Morgan fingerprint density at radius 1 is 1.06 bits per heavy atom. The molecule has 0 radical (unpaired) electrons. The van der Waals surface area contributed by atoms with Crippen molar-refractivity contribution >= 4 is 17.5 Å². The highest BCUT2D eigenvalue weighted by Gasteiger charge is 2.35. The fraction of sp³-hybridized carbons (Fsp3) is 0.308. The zero-order chi connectivity index (χ0) is 12.3. The van der Waals surface area contributed by atoms with E-state index in [-0.39, 0.29) is 5.78 Å². The summed E-state index contributed by atoms with van der Waals surface area (Å²) in [5, 5.41) is 7.46. The smallest absolute Gasteiger partial charge is 0.294 e. The molecule has 0 saturated carbocycles. The molecule has 5 heteroatoms. The quantitative estimate of drug-likeness (QED) is 0.651. The van der Waals surface area contributed by atoms with Crippen molar-refractivity contribution in [2.24, 2.45) is 15.2 Å². The van der Waals surface area contributed by atoms with Crippen LogP contribution in [-0.4, -0.2) is 17.5 Å². The van der Waals surface area contributed by atoms with Gasteiger partial charge >= 0.3 is 6.03 Å². The predicted molar refractivity (Wildman–Crippen MR) is 63.3 cm³/mol. The normalized spacial score (nSPS) is 25.1. The molecule has 88 valence electrons. The van der Waals surface area contributed by atoms with Gasteiger partial charge in [-0.25, -0.2) is 4.79 Å². The van der Waals surface area contributed by atoms with E-state index in [2.05, 4.69) is 15.2 Å². The molecule has 0 aromatic rings. The molecule has 18 heavy (non-hydrogen) atoms. The van der Waals surface area contributed by atoms with Crippen molar-refractivity contribution in [1.82, 2.24) is 0 Å². The third kappa shape index (κ3) is 1.19. The highest BCUT2D eigenvalue weighted by atomic mass is 16.2. The van der Waals surface area contributed by atoms with Gasteiger partial charge in [0.15, 0.2) is 5.78 Å². The van der Waals surface area contributed by atoms with Gasteiger partial charge in [0.2, 0.25) is 0 Å². The van der Waals surface area contributed by atoms with Crippen LogP contribution >= 0.6 is 0 Å². The van der Waals surface area contributed by atoms with Gasteiger partial charge in [0.1, 0.15) is 5.70 Å². The second-order valence-electron chi connectivity index (χ2n) is 4.83. The van der Waals surface area contributed by atoms with Crippen molar-refractivity contribution in [2.75, 3.05) is 0 Å². The molecule has 2 amide bonds. The maximum absolute atomic E-state index is 11.7. The average Bonchev–Trinajstić information content (AvgIpc) is 2.87. The van der Waals surface area contributed by atoms with Crippen molar-refractivity contribution in [3.05, 3.63) is 34.1 Å². The van der Waals surface area contributed by atoms with E-state index in [0.717, 1.165) is 35.3 Å². The second kappa shape index (κ2) is 3.19. The van der Waals surface area contributed by atoms with E-state index in [1.165, 1.54) is 5.57 Å². The number of nitrogens with zero attached hydrogens (tertiary/aromatic N) is 3. The number of aliphatic imine (C=N–C) groups is 1. The van der Waals surface area contributed by atoms with Crippen LogP contribution in [0.1, 0.15) is 25.7 Å². The number of hydrogen-bond acceptors (Lipinski definition) is 3. The van der Waals surface area contributed by atoms with E-state index < -0.39 is 6.03 Å². The lowest BCUT2D eigenvalue weighted by molar-refractivity contribution is -0.114. The van der Waals surface area contributed by atoms with Crippen LogP contribution in [0, 0.1) is 0 Å². The molecular weight excluding hydrogens is 230 g/mol. The molecular formula is C13H9N3O2. The maximum atomic E-state index is 11.7. The number of carbonyl (C=O) groups excluding carboxylic acids is 2. The molecule has 0 spiro atoms. The lowest BCUT2D eigenvalue weighted by Gasteiger charge is -2.13. The van der Waals surface area contributed by atoms with Crippen LogP contribution < -0.4 is 0 Å². The van der Waals surface area contributed by atoms with Crippen molar-refractivity contribution in [1.29, 1.82) is 0 Å². The molecule has 3 aliphatic carbocycles. The van der Waals surface area contributed by atoms with E-state index in [0.29, 0.717) is 18.6 Å². The van der Waals surface area contributed by atoms with E-state index in [4.69, 9.17) is 0 Å². The monoisotopic (exact) mass is 239 g/mol. The fourth-order valence-corrected chi connectivity index (χ4v) is 2.96. The van der Waals surface area contributed by atoms with Crippen molar-refractivity contribution < 1.29 is 9.59 Å². The van der Waals surface area contributed by atoms with Gasteiger partial charge in [0.25, 0.3) is 0 Å². The summed E-state index contributed by atoms with van der Waals surface area (Å²) in [6.45, 7) is 0. The lowest BCUT2D eigenvalue weighted by atomic mass is 9.90. The number of rotatable bonds is 0. The molecule has 0 fully saturated rings. The molecule has 5 nitrogen and oxygen atoms in total. The van der Waals surface area contributed by atoms with Gasteiger partial charge in [0, 0.05) is 18.4 Å². The number of hydrogen-bond donors (Lipinski definition) is 0. The van der Waals surface area contributed by atoms with E-state index in [1.807, 2.05) is 6.08 Å². The summed E-state index contributed by atoms with van der Waals surface area (Å²) in [6, 6.07) is -0.537. The molecule has 0 N–H and O–H groups in total. The Hall–Kier alpha value is -2.17. The Labute approximate surface area is 103 Å². The van der Waals surface area contributed by atoms with Crippen LogP contribution in [0.2, 0.25) is 0 Å². The molecule has 1 aliphatic heterocycles. The number of urea groups is 1. The molecule has 1 heterocycles. The zero-order valence-corrected chi connectivity index (χ0v) is 9.56. The SMILES string of the molecule is O=C1N=NC2=C3CC4=C(C=C3CC2=N1)C(=O)CC4. The third-order valence-electron chi connectivity index (χ3n) is 3.81. The van der Waals surface area contributed by atoms with Gasteiger partial charge in [-0.2, -0.15) is 4.99 Å². The topological polar surface area (TPSA) is 71.2 Å². The van der Waals surface area contributed by atoms with Gasteiger partial charge in [-0.1, -0.05) is 10.7 Å². The first kappa shape index (κ1) is 9.82. The van der Waals surface area contributed by atoms with Gasteiger partial charge in [-0.15, -0.1) is 5.11 Å². The molecule has 0 bridgehead atoms. The predicted octanol–water partition coefficient (Wildman–Crippen LogP) is 2.66. The third-order valence-corrected chi connectivity index (χ3v) is 3.81. The summed E-state index contributed by atoms with van der Waals surface area (Å²) in [5.74, 6) is 0.232. The summed E-state index contributed by atoms with van der Waals surface area (Å²) >= 11 is 0. The summed E-state index contributed by atoms with van der Waals surface area (Å²) in [7, 11) is 0. The molecule has 0 aromatic carbocycles. The van der Waals surface area contributed by atoms with Crippen LogP contribution in [-0.2, 0) is 4.79 Å². The Kier molecular flexibility index (Phi) is 1.74. The number of fused-ring (bicyclic) bond motifs is 2. The largest absolute Gasteiger partial charge is 0.386 e. The Morgan fingerprint density at radius 2 is 1.94 bits per heavy atom. The van der Waals surface area contributed by atoms with Crippen LogP contribution in [0.5, 0.6) is 0 Å². The minimum Gasteiger partial charge on any atom is -0.294 e. The highest BCUT2D eigenvalue weighted by molar-refractivity contribution is 6.13. The van der Waals surface area contributed by atoms with Crippen LogP contribution in [0.25, 0.3) is 0 Å². The van der Waals surface area contributed by atoms with Gasteiger partial charge in [0.05, 0.1) is 5.71 Å². The molecule has 4 rings (SSSR count). The zero-order valence-electron chi connectivity index (χ0n) is 9.56. The number of azo groups is 1. The van der Waals surface area contributed by atoms with E-state index in [9.17, 15) is 9.59 Å². The van der Waals surface area contributed by atoms with Crippen LogP contribution in [0.4, 0.5) is 4.79 Å². The Morgan fingerprint density at radius 3 is 2.83 bits per heavy atom. The average molecular weight is 239 g/mol. The van der Waals surface area contributed by atoms with Crippen LogP contribution in [0.3, 0.4) is 0 Å². The summed E-state index contributed by atoms with van der Waals surface area (Å²) < 4.78 is 0. The Bertz CT molecular complexity index is 674. The van der Waals surface area contributed by atoms with Crippen molar-refractivity contribution in [3.63, 3.8) is 0 Å². The lowest BCUT2D eigenvalue weighted by Crippen LogP contribution is -2.03. The van der Waals surface area contributed by atoms with Gasteiger partial charge < -0.3 is 0 Å². The second-order valence-corrected chi connectivity index (χ2v) is 4.83. The minimum absolute atomic E-state index is 0.232. The molecule has 0 atom stereocenters. The van der Waals surface area contributed by atoms with E-state index in [1.54, 1.807) is 0 Å². The van der Waals surface area contributed by atoms with Gasteiger partial charge in [-0.05, 0) is 30.1 Å². The number of carbonyl (C=O) groups is 2. The van der Waals surface area contributed by atoms with Crippen molar-refractivity contribution in [3.8, 4) is 0 Å². The summed E-state index contributed by atoms with van der Waals surface area (Å²) in [6.07, 6.45) is 4.78. The fourth-order valence-electron chi connectivity index (χ4n) is 2.96. The first-order valence-electron chi connectivity index (χ1n) is 5.95. The summed E-state index contributed by atoms with van der Waals surface area (Å²) in [5.41, 5.74) is 5.68. The molecule has 0 unspecified atom stereocenters. The highest BCUT2D eigenvalue weighted by Crippen LogP contribution is 2.44. The molecule has 0 saturated heterocycles. The minimum atomic E-state index is -0.537. The standard InChI is InChI=1S/C13H9N3O2/c17-11-2-1-6-3-9-7(4-8(6)11)5-10-12(9)15-16-13(18)14-10/h4H,1-3,5H2. The maximum Gasteiger partial charge on any atom is 0.386 e. The number of allylic oxidation sites excluding steroid dienone is 6. The Balaban J connectivity index is 1.85. The number of ketones is 1. The first-order valence-corrected chi connectivity index (χ1v) is 5.95. The van der Waals surface area contributed by atoms with E-state index >= 15 is 0 Å². The van der Waals surface area contributed by atoms with Crippen molar-refractivity contribution in [2.45, 2.75) is 25.7 Å². The molecule has 0 aromatic heterocycles. The van der Waals surface area contributed by atoms with Gasteiger partial charge in [-0.3, -0.25) is 4.79 Å². The van der Waals surface area contributed by atoms with Crippen LogP contribution in [0.15, 0.2) is 49.3 Å². The summed E-state index contributed by atoms with van der Waals surface area (Å²) in [4.78, 5) is 26.7. The molecule has 4 aliphatic rings.